The molecule has 2 heterocycles. The molecule has 3 rings (SSSR count). The molecule has 1 fully saturated rings. The molecule has 2 atom stereocenters. The van der Waals surface area contributed by atoms with Crippen LogP contribution in [0.2, 0.25) is 0 Å². The van der Waals surface area contributed by atoms with Crippen LogP contribution in [0.25, 0.3) is 0 Å². The summed E-state index contributed by atoms with van der Waals surface area (Å²) in [6.07, 6.45) is 1.31. The van der Waals surface area contributed by atoms with Gasteiger partial charge in [-0.05, 0) is 41.5 Å². The minimum absolute atomic E-state index is 0.0552. The maximum absolute atomic E-state index is 11.1. The van der Waals surface area contributed by atoms with Crippen LogP contribution < -0.4 is 5.32 Å². The molecule has 1 aromatic carbocycles. The minimum atomic E-state index is -1.01. The topological polar surface area (TPSA) is 65.5 Å². The van der Waals surface area contributed by atoms with Gasteiger partial charge in [-0.1, -0.05) is 44.2 Å². The zero-order chi connectivity index (χ0) is 18.5. The monoisotopic (exact) mass is 353 g/mol. The van der Waals surface area contributed by atoms with Gasteiger partial charge in [-0.15, -0.1) is 0 Å². The number of hydrogen-bond acceptors (Lipinski definition) is 4. The predicted molar refractivity (Wildman–Crippen MR) is 103 cm³/mol. The molecule has 0 spiro atoms. The maximum Gasteiger partial charge on any atom is 0.354 e. The summed E-state index contributed by atoms with van der Waals surface area (Å²) in [6, 6.07) is 13.4. The molecule has 5 heteroatoms. The van der Waals surface area contributed by atoms with Gasteiger partial charge < -0.3 is 10.4 Å². The fourth-order valence-corrected chi connectivity index (χ4v) is 3.88. The number of rotatable bonds is 6. The summed E-state index contributed by atoms with van der Waals surface area (Å²) in [5.41, 5.74) is 2.59. The summed E-state index contributed by atoms with van der Waals surface area (Å²) in [6.45, 7) is 8.54. The molecule has 0 amide bonds. The number of aromatic carboxylic acids is 1. The molecule has 0 bridgehead atoms. The highest BCUT2D eigenvalue weighted by atomic mass is 16.4. The van der Waals surface area contributed by atoms with E-state index in [9.17, 15) is 4.79 Å². The molecule has 0 aliphatic carbocycles. The van der Waals surface area contributed by atoms with E-state index in [1.807, 2.05) is 6.07 Å². The molecule has 138 valence electrons. The zero-order valence-electron chi connectivity index (χ0n) is 15.5. The lowest BCUT2D eigenvalue weighted by Gasteiger charge is -2.35. The Bertz CT molecular complexity index is 752. The van der Waals surface area contributed by atoms with Gasteiger partial charge in [0, 0.05) is 26.2 Å². The second-order valence-corrected chi connectivity index (χ2v) is 7.48. The lowest BCUT2D eigenvalue weighted by atomic mass is 9.91. The maximum atomic E-state index is 11.1. The number of nitrogens with one attached hydrogen (secondary N) is 1. The Hall–Kier alpha value is -2.40. The molecular formula is C21H27N3O2. The number of anilines is 1. The van der Waals surface area contributed by atoms with Crippen molar-refractivity contribution < 1.29 is 9.90 Å². The molecule has 1 saturated heterocycles. The molecule has 2 aromatic rings. The minimum Gasteiger partial charge on any atom is -0.477 e. The van der Waals surface area contributed by atoms with E-state index in [1.165, 1.54) is 23.6 Å². The number of nitrogens with zero attached hydrogens (tertiary/aromatic N) is 2. The van der Waals surface area contributed by atoms with Gasteiger partial charge in [0.15, 0.2) is 5.69 Å². The number of hydrogen-bond donors (Lipinski definition) is 2. The number of carboxylic acid groups (broad SMARTS) is 1. The van der Waals surface area contributed by atoms with Gasteiger partial charge in [0.05, 0.1) is 0 Å². The highest BCUT2D eigenvalue weighted by Gasteiger charge is 2.22. The van der Waals surface area contributed by atoms with Crippen LogP contribution in [0.4, 0.5) is 5.82 Å². The van der Waals surface area contributed by atoms with E-state index < -0.39 is 5.97 Å². The standard InChI is InChI=1S/C21H27N3O2/c1-15-10-16(2)13-24(12-15)14-18-7-4-3-6-17(18)11-22-20-9-5-8-19(23-20)21(25)26/h3-9,15-16H,10-14H2,1-2H3,(H,22,23)(H,25,26). The van der Waals surface area contributed by atoms with Crippen molar-refractivity contribution >= 4 is 11.8 Å². The molecule has 2 N–H and O–H groups in total. The lowest BCUT2D eigenvalue weighted by molar-refractivity contribution is 0.0690. The number of pyridine rings is 1. The molecule has 5 nitrogen and oxygen atoms in total. The third-order valence-corrected chi connectivity index (χ3v) is 4.88. The van der Waals surface area contributed by atoms with Gasteiger partial charge in [-0.2, -0.15) is 0 Å². The quantitative estimate of drug-likeness (QED) is 0.825. The lowest BCUT2D eigenvalue weighted by Crippen LogP contribution is -2.38. The number of likely N-dealkylation sites (tertiary alicyclic amines) is 1. The molecular weight excluding hydrogens is 326 g/mol. The van der Waals surface area contributed by atoms with Gasteiger partial charge in [0.1, 0.15) is 5.82 Å². The highest BCUT2D eigenvalue weighted by Crippen LogP contribution is 2.23. The third-order valence-electron chi connectivity index (χ3n) is 4.88. The third kappa shape index (κ3) is 4.82. The average Bonchev–Trinajstić information content (AvgIpc) is 2.60. The zero-order valence-corrected chi connectivity index (χ0v) is 15.5. The number of piperidine rings is 1. The second-order valence-electron chi connectivity index (χ2n) is 7.48. The molecule has 0 saturated carbocycles. The first-order valence-corrected chi connectivity index (χ1v) is 9.24. The van der Waals surface area contributed by atoms with Gasteiger partial charge in [-0.25, -0.2) is 9.78 Å². The largest absolute Gasteiger partial charge is 0.477 e. The Balaban J connectivity index is 1.67. The molecule has 1 aliphatic heterocycles. The van der Waals surface area contributed by atoms with E-state index in [1.54, 1.807) is 12.1 Å². The van der Waals surface area contributed by atoms with E-state index in [4.69, 9.17) is 5.11 Å². The van der Waals surface area contributed by atoms with Crippen LogP contribution in [0.1, 0.15) is 41.9 Å². The Labute approximate surface area is 155 Å². The van der Waals surface area contributed by atoms with Crippen LogP contribution in [0.15, 0.2) is 42.5 Å². The highest BCUT2D eigenvalue weighted by molar-refractivity contribution is 5.85. The average molecular weight is 353 g/mol. The molecule has 0 radical (unpaired) electrons. The first-order chi connectivity index (χ1) is 12.5. The normalized spacial score (nSPS) is 20.7. The number of aromatic nitrogens is 1. The van der Waals surface area contributed by atoms with Crippen LogP contribution in [0.3, 0.4) is 0 Å². The summed E-state index contributed by atoms with van der Waals surface area (Å²) in [7, 11) is 0. The summed E-state index contributed by atoms with van der Waals surface area (Å²) in [5.74, 6) is 1.06. The van der Waals surface area contributed by atoms with Crippen molar-refractivity contribution in [3.05, 3.63) is 59.3 Å². The van der Waals surface area contributed by atoms with Crippen molar-refractivity contribution in [2.45, 2.75) is 33.4 Å². The van der Waals surface area contributed by atoms with E-state index in [0.717, 1.165) is 31.5 Å². The van der Waals surface area contributed by atoms with Crippen molar-refractivity contribution in [2.75, 3.05) is 18.4 Å². The first-order valence-electron chi connectivity index (χ1n) is 9.24. The Kier molecular flexibility index (Phi) is 5.89. The fraction of sp³-hybridized carbons (Fsp3) is 0.429. The van der Waals surface area contributed by atoms with Crippen molar-refractivity contribution in [1.29, 1.82) is 0 Å². The Morgan fingerprint density at radius 2 is 1.81 bits per heavy atom. The van der Waals surface area contributed by atoms with E-state index in [-0.39, 0.29) is 5.69 Å². The van der Waals surface area contributed by atoms with E-state index in [2.05, 4.69) is 47.2 Å². The van der Waals surface area contributed by atoms with E-state index in [0.29, 0.717) is 12.4 Å². The molecule has 26 heavy (non-hydrogen) atoms. The molecule has 1 aromatic heterocycles. The Morgan fingerprint density at radius 1 is 1.12 bits per heavy atom. The predicted octanol–water partition coefficient (Wildman–Crippen LogP) is 3.87. The Morgan fingerprint density at radius 3 is 2.50 bits per heavy atom. The summed E-state index contributed by atoms with van der Waals surface area (Å²) in [5, 5.41) is 12.3. The van der Waals surface area contributed by atoms with Gasteiger partial charge in [0.2, 0.25) is 0 Å². The van der Waals surface area contributed by atoms with Crippen LogP contribution in [-0.2, 0) is 13.1 Å². The number of carbonyl (C=O) groups is 1. The van der Waals surface area contributed by atoms with Gasteiger partial charge in [0.25, 0.3) is 0 Å². The van der Waals surface area contributed by atoms with E-state index >= 15 is 0 Å². The fourth-order valence-electron chi connectivity index (χ4n) is 3.88. The second kappa shape index (κ2) is 8.32. The summed E-state index contributed by atoms with van der Waals surface area (Å²) >= 11 is 0. The van der Waals surface area contributed by atoms with Crippen molar-refractivity contribution in [2.24, 2.45) is 11.8 Å². The van der Waals surface area contributed by atoms with Crippen LogP contribution in [0, 0.1) is 11.8 Å². The number of carboxylic acids is 1. The smallest absolute Gasteiger partial charge is 0.354 e. The molecule has 2 unspecified atom stereocenters. The van der Waals surface area contributed by atoms with Crippen molar-refractivity contribution in [1.82, 2.24) is 9.88 Å². The van der Waals surface area contributed by atoms with Crippen molar-refractivity contribution in [3.8, 4) is 0 Å². The van der Waals surface area contributed by atoms with Gasteiger partial charge in [-0.3, -0.25) is 4.90 Å². The number of benzene rings is 1. The van der Waals surface area contributed by atoms with Crippen LogP contribution in [-0.4, -0.2) is 34.0 Å². The van der Waals surface area contributed by atoms with Gasteiger partial charge >= 0.3 is 5.97 Å². The SMILES string of the molecule is CC1CC(C)CN(Cc2ccccc2CNc2cccc(C(=O)O)n2)C1. The molecule has 1 aliphatic rings. The first kappa shape index (κ1) is 18.4. The van der Waals surface area contributed by atoms with Crippen molar-refractivity contribution in [3.63, 3.8) is 0 Å². The summed E-state index contributed by atoms with van der Waals surface area (Å²) < 4.78 is 0. The summed E-state index contributed by atoms with van der Waals surface area (Å²) in [4.78, 5) is 17.7. The van der Waals surface area contributed by atoms with Crippen LogP contribution in [0.5, 0.6) is 0 Å². The van der Waals surface area contributed by atoms with Crippen LogP contribution >= 0.6 is 0 Å².